The topological polar surface area (TPSA) is 46.6 Å². The highest BCUT2D eigenvalue weighted by molar-refractivity contribution is 7.89. The normalized spacial score (nSPS) is 18.2. The van der Waals surface area contributed by atoms with Crippen molar-refractivity contribution >= 4 is 21.6 Å². The van der Waals surface area contributed by atoms with Crippen LogP contribution in [0.3, 0.4) is 0 Å². The zero-order valence-corrected chi connectivity index (χ0v) is 13.6. The van der Waals surface area contributed by atoms with Crippen LogP contribution in [0.15, 0.2) is 17.0 Å². The van der Waals surface area contributed by atoms with E-state index in [2.05, 4.69) is 6.92 Å². The summed E-state index contributed by atoms with van der Waals surface area (Å²) in [5.74, 6) is 0.956. The Morgan fingerprint density at radius 3 is 2.45 bits per heavy atom. The highest BCUT2D eigenvalue weighted by Gasteiger charge is 2.31. The number of ether oxygens (including phenoxy) is 1. The molecular formula is C14H20ClNO3S. The molecule has 1 fully saturated rings. The molecule has 0 aliphatic carbocycles. The first-order chi connectivity index (χ1) is 9.36. The number of hydrogen-bond acceptors (Lipinski definition) is 3. The number of hydrogen-bond donors (Lipinski definition) is 0. The van der Waals surface area contributed by atoms with Crippen LogP contribution in [0.4, 0.5) is 0 Å². The number of methoxy groups -OCH3 is 1. The van der Waals surface area contributed by atoms with E-state index in [1.54, 1.807) is 13.0 Å². The van der Waals surface area contributed by atoms with E-state index >= 15 is 0 Å². The zero-order valence-electron chi connectivity index (χ0n) is 12.0. The van der Waals surface area contributed by atoms with Crippen LogP contribution >= 0.6 is 11.6 Å². The zero-order chi connectivity index (χ0) is 14.9. The van der Waals surface area contributed by atoms with E-state index in [9.17, 15) is 8.42 Å². The fourth-order valence-electron chi connectivity index (χ4n) is 2.52. The molecule has 4 nitrogen and oxygen atoms in total. The predicted octanol–water partition coefficient (Wildman–Crippen LogP) is 3.08. The van der Waals surface area contributed by atoms with Crippen molar-refractivity contribution in [1.82, 2.24) is 4.31 Å². The van der Waals surface area contributed by atoms with Gasteiger partial charge in [-0.25, -0.2) is 8.42 Å². The first-order valence-corrected chi connectivity index (χ1v) is 8.52. The molecule has 0 aromatic heterocycles. The summed E-state index contributed by atoms with van der Waals surface area (Å²) in [6.45, 7) is 5.05. The third kappa shape index (κ3) is 2.95. The van der Waals surface area contributed by atoms with Crippen molar-refractivity contribution in [2.75, 3.05) is 20.2 Å². The molecule has 0 spiro atoms. The minimum atomic E-state index is -3.55. The van der Waals surface area contributed by atoms with Gasteiger partial charge in [-0.15, -0.1) is 0 Å². The van der Waals surface area contributed by atoms with Gasteiger partial charge in [-0.3, -0.25) is 0 Å². The standard InChI is InChI=1S/C14H20ClNO3S/c1-10-4-6-16(7-5-10)20(17,18)13-9-12(15)8-11(2)14(13)19-3/h8-10H,4-7H2,1-3H3. The van der Waals surface area contributed by atoms with Crippen molar-refractivity contribution in [2.24, 2.45) is 5.92 Å². The van der Waals surface area contributed by atoms with Crippen LogP contribution in [-0.4, -0.2) is 32.9 Å². The van der Waals surface area contributed by atoms with Gasteiger partial charge in [0.15, 0.2) is 0 Å². The highest BCUT2D eigenvalue weighted by Crippen LogP contribution is 2.34. The molecule has 1 aliphatic heterocycles. The van der Waals surface area contributed by atoms with E-state index < -0.39 is 10.0 Å². The fourth-order valence-corrected chi connectivity index (χ4v) is 4.58. The van der Waals surface area contributed by atoms with Crippen LogP contribution in [0.2, 0.25) is 5.02 Å². The molecule has 2 rings (SSSR count). The van der Waals surface area contributed by atoms with Gasteiger partial charge in [0.25, 0.3) is 0 Å². The van der Waals surface area contributed by atoms with Gasteiger partial charge >= 0.3 is 0 Å². The molecule has 0 unspecified atom stereocenters. The van der Waals surface area contributed by atoms with Gasteiger partial charge in [-0.1, -0.05) is 18.5 Å². The van der Waals surface area contributed by atoms with Crippen molar-refractivity contribution in [3.05, 3.63) is 22.7 Å². The van der Waals surface area contributed by atoms with Gasteiger partial charge in [0.2, 0.25) is 10.0 Å². The second-order valence-corrected chi connectivity index (χ2v) is 7.68. The third-order valence-electron chi connectivity index (χ3n) is 3.77. The van der Waals surface area contributed by atoms with Crippen molar-refractivity contribution in [3.8, 4) is 5.75 Å². The predicted molar refractivity (Wildman–Crippen MR) is 79.9 cm³/mol. The second kappa shape index (κ2) is 5.92. The number of benzene rings is 1. The van der Waals surface area contributed by atoms with E-state index in [-0.39, 0.29) is 4.90 Å². The molecule has 20 heavy (non-hydrogen) atoms. The molecule has 1 saturated heterocycles. The first kappa shape index (κ1) is 15.6. The van der Waals surface area contributed by atoms with Gasteiger partial charge < -0.3 is 4.74 Å². The molecule has 0 bridgehead atoms. The van der Waals surface area contributed by atoms with Gasteiger partial charge in [0, 0.05) is 18.1 Å². The van der Waals surface area contributed by atoms with Gasteiger partial charge in [-0.05, 0) is 43.4 Å². The van der Waals surface area contributed by atoms with E-state index in [1.807, 2.05) is 0 Å². The SMILES string of the molecule is COc1c(C)cc(Cl)cc1S(=O)(=O)N1CCC(C)CC1. The lowest BCUT2D eigenvalue weighted by atomic mass is 10.0. The van der Waals surface area contributed by atoms with Gasteiger partial charge in [0.1, 0.15) is 10.6 Å². The number of rotatable bonds is 3. The summed E-state index contributed by atoms with van der Waals surface area (Å²) < 4.78 is 32.3. The lowest BCUT2D eigenvalue weighted by Crippen LogP contribution is -2.38. The minimum absolute atomic E-state index is 0.166. The number of piperidine rings is 1. The van der Waals surface area contributed by atoms with Crippen LogP contribution < -0.4 is 4.74 Å². The Hall–Kier alpha value is -0.780. The quantitative estimate of drug-likeness (QED) is 0.860. The van der Waals surface area contributed by atoms with Crippen LogP contribution in [0.25, 0.3) is 0 Å². The molecule has 112 valence electrons. The molecule has 0 saturated carbocycles. The van der Waals surface area contributed by atoms with E-state index in [1.165, 1.54) is 17.5 Å². The molecule has 0 N–H and O–H groups in total. The number of nitrogens with zero attached hydrogens (tertiary/aromatic N) is 1. The minimum Gasteiger partial charge on any atom is -0.495 e. The van der Waals surface area contributed by atoms with E-state index in [4.69, 9.17) is 16.3 Å². The lowest BCUT2D eigenvalue weighted by Gasteiger charge is -2.30. The summed E-state index contributed by atoms with van der Waals surface area (Å²) in [6, 6.07) is 3.18. The first-order valence-electron chi connectivity index (χ1n) is 6.70. The summed E-state index contributed by atoms with van der Waals surface area (Å²) in [4.78, 5) is 0.166. The van der Waals surface area contributed by atoms with Crippen LogP contribution in [0.5, 0.6) is 5.75 Å². The van der Waals surface area contributed by atoms with Crippen molar-refractivity contribution in [1.29, 1.82) is 0 Å². The average molecular weight is 318 g/mol. The Labute approximate surface area is 125 Å². The number of sulfonamides is 1. The molecule has 6 heteroatoms. The summed E-state index contributed by atoms with van der Waals surface area (Å²) >= 11 is 6.01. The van der Waals surface area contributed by atoms with Crippen LogP contribution in [0, 0.1) is 12.8 Å². The summed E-state index contributed by atoms with van der Waals surface area (Å²) in [5, 5.41) is 0.409. The summed E-state index contributed by atoms with van der Waals surface area (Å²) in [7, 11) is -2.07. The largest absolute Gasteiger partial charge is 0.495 e. The average Bonchev–Trinajstić information content (AvgIpc) is 2.38. The third-order valence-corrected chi connectivity index (χ3v) is 5.89. The molecule has 1 aliphatic rings. The molecule has 0 atom stereocenters. The van der Waals surface area contributed by atoms with Crippen LogP contribution in [-0.2, 0) is 10.0 Å². The second-order valence-electron chi connectivity index (χ2n) is 5.34. The van der Waals surface area contributed by atoms with Gasteiger partial charge in [-0.2, -0.15) is 4.31 Å². The van der Waals surface area contributed by atoms with Crippen molar-refractivity contribution in [3.63, 3.8) is 0 Å². The summed E-state index contributed by atoms with van der Waals surface area (Å²) in [5.41, 5.74) is 0.726. The number of aryl methyl sites for hydroxylation is 1. The maximum Gasteiger partial charge on any atom is 0.246 e. The maximum absolute atomic E-state index is 12.8. The Balaban J connectivity index is 2.44. The molecule has 1 aromatic carbocycles. The summed E-state index contributed by atoms with van der Waals surface area (Å²) in [6.07, 6.45) is 1.78. The lowest BCUT2D eigenvalue weighted by molar-refractivity contribution is 0.287. The molecular weight excluding hydrogens is 298 g/mol. The maximum atomic E-state index is 12.8. The van der Waals surface area contributed by atoms with Crippen molar-refractivity contribution < 1.29 is 13.2 Å². The van der Waals surface area contributed by atoms with E-state index in [0.717, 1.165) is 18.4 Å². The molecule has 0 radical (unpaired) electrons. The Morgan fingerprint density at radius 2 is 1.90 bits per heavy atom. The molecule has 1 heterocycles. The molecule has 1 aromatic rings. The Kier molecular flexibility index (Phi) is 4.62. The van der Waals surface area contributed by atoms with E-state index in [0.29, 0.717) is 29.8 Å². The van der Waals surface area contributed by atoms with Gasteiger partial charge in [0.05, 0.1) is 7.11 Å². The Bertz CT molecular complexity index is 593. The van der Waals surface area contributed by atoms with Crippen molar-refractivity contribution in [2.45, 2.75) is 31.6 Å². The monoisotopic (exact) mass is 317 g/mol. The smallest absolute Gasteiger partial charge is 0.246 e. The fraction of sp³-hybridized carbons (Fsp3) is 0.571. The highest BCUT2D eigenvalue weighted by atomic mass is 35.5. The number of halogens is 1. The Morgan fingerprint density at radius 1 is 1.30 bits per heavy atom. The molecule has 0 amide bonds. The van der Waals surface area contributed by atoms with Crippen LogP contribution in [0.1, 0.15) is 25.3 Å².